The highest BCUT2D eigenvalue weighted by Crippen LogP contribution is 2.59. The van der Waals surface area contributed by atoms with Gasteiger partial charge in [0.05, 0.1) is 10.9 Å². The average molecular weight is 628 g/mol. The number of halogens is 2. The summed E-state index contributed by atoms with van der Waals surface area (Å²) < 4.78 is 45.2. The molecule has 232 valence electrons. The van der Waals surface area contributed by atoms with Crippen LogP contribution < -0.4 is 9.47 Å². The Bertz CT molecular complexity index is 1550. The second kappa shape index (κ2) is 12.5. The molecule has 4 nitrogen and oxygen atoms in total. The van der Waals surface area contributed by atoms with Crippen LogP contribution in [0.2, 0.25) is 0 Å². The lowest BCUT2D eigenvalue weighted by atomic mass is 9.50. The molecule has 0 unspecified atom stereocenters. The molecule has 0 amide bonds. The van der Waals surface area contributed by atoms with E-state index >= 15 is 0 Å². The lowest BCUT2D eigenvalue weighted by molar-refractivity contribution is -0.204. The Morgan fingerprint density at radius 1 is 0.667 bits per heavy atom. The van der Waals surface area contributed by atoms with Gasteiger partial charge in [-0.3, -0.25) is 0 Å². The molecule has 45 heavy (non-hydrogen) atoms. The fraction of sp³-hybridized carbons (Fsp3) is 0.342. The van der Waals surface area contributed by atoms with Crippen molar-refractivity contribution in [1.29, 1.82) is 0 Å². The van der Waals surface area contributed by atoms with Gasteiger partial charge in [-0.25, -0.2) is 13.6 Å². The van der Waals surface area contributed by atoms with Crippen LogP contribution in [0, 0.1) is 35.3 Å². The summed E-state index contributed by atoms with van der Waals surface area (Å²) in [4.78, 5) is 15.7. The fourth-order valence-electron chi connectivity index (χ4n) is 7.77. The zero-order valence-corrected chi connectivity index (χ0v) is 26.1. The standard InChI is InChI=1S/C38H37F2O4S/c1-38(28-19-26-18-27(21-28)22-29(38)20-26)44-37(41)24-43-32-8-2-25(3-9-32)23-42-33-10-16-36(17-11-33)45(34-12-4-30(39)5-13-34)35-14-6-31(40)7-15-35/h2-17,26-29H,18-24H2,1H3/q+1. The minimum Gasteiger partial charge on any atom is -0.489 e. The zero-order chi connectivity index (χ0) is 31.0. The Labute approximate surface area is 266 Å². The van der Waals surface area contributed by atoms with Crippen LogP contribution in [0.15, 0.2) is 112 Å². The number of carbonyl (C=O) groups excluding carboxylic acids is 1. The van der Waals surface area contributed by atoms with Crippen LogP contribution in [0.1, 0.15) is 44.6 Å². The first kappa shape index (κ1) is 29.8. The molecule has 0 heterocycles. The molecule has 4 aromatic carbocycles. The van der Waals surface area contributed by atoms with E-state index in [1.807, 2.05) is 48.5 Å². The number of hydrogen-bond donors (Lipinski definition) is 0. The summed E-state index contributed by atoms with van der Waals surface area (Å²) in [7, 11) is -0.529. The highest BCUT2D eigenvalue weighted by molar-refractivity contribution is 7.97. The van der Waals surface area contributed by atoms with Gasteiger partial charge in [-0.15, -0.1) is 0 Å². The van der Waals surface area contributed by atoms with Gasteiger partial charge in [0, 0.05) is 0 Å². The molecular formula is C38H37F2O4S+. The van der Waals surface area contributed by atoms with E-state index in [1.54, 1.807) is 24.3 Å². The quantitative estimate of drug-likeness (QED) is 0.130. The molecular weight excluding hydrogens is 590 g/mol. The van der Waals surface area contributed by atoms with E-state index < -0.39 is 10.9 Å². The van der Waals surface area contributed by atoms with Gasteiger partial charge < -0.3 is 14.2 Å². The topological polar surface area (TPSA) is 44.8 Å². The molecule has 0 atom stereocenters. The van der Waals surface area contributed by atoms with Crippen molar-refractivity contribution in [1.82, 2.24) is 0 Å². The van der Waals surface area contributed by atoms with Crippen LogP contribution in [-0.4, -0.2) is 18.2 Å². The molecule has 4 aliphatic carbocycles. The van der Waals surface area contributed by atoms with Crippen molar-refractivity contribution in [3.8, 4) is 11.5 Å². The molecule has 4 saturated carbocycles. The van der Waals surface area contributed by atoms with E-state index in [0.29, 0.717) is 29.9 Å². The monoisotopic (exact) mass is 627 g/mol. The SMILES string of the molecule is CC1(OC(=O)COc2ccc(COc3ccc([S+](c4ccc(F)cc4)c4ccc(F)cc4)cc3)cc2)C2CC3CC(C2)CC1C3. The van der Waals surface area contributed by atoms with Crippen LogP contribution in [-0.2, 0) is 27.0 Å². The molecule has 0 N–H and O–H groups in total. The molecule has 4 bridgehead atoms. The van der Waals surface area contributed by atoms with Gasteiger partial charge in [0.1, 0.15) is 35.3 Å². The third-order valence-electron chi connectivity index (χ3n) is 9.94. The summed E-state index contributed by atoms with van der Waals surface area (Å²) in [5.74, 6) is 3.06. The second-order valence-corrected chi connectivity index (χ2v) is 14.9. The van der Waals surface area contributed by atoms with Gasteiger partial charge in [-0.05, 0) is 153 Å². The molecule has 4 aromatic rings. The first-order valence-electron chi connectivity index (χ1n) is 15.7. The van der Waals surface area contributed by atoms with E-state index in [9.17, 15) is 13.6 Å². The summed E-state index contributed by atoms with van der Waals surface area (Å²) >= 11 is 0. The molecule has 0 spiro atoms. The lowest BCUT2D eigenvalue weighted by Crippen LogP contribution is -2.58. The number of ether oxygens (including phenoxy) is 3. The van der Waals surface area contributed by atoms with E-state index in [-0.39, 0.29) is 29.8 Å². The molecule has 0 aliphatic heterocycles. The number of hydrogen-bond acceptors (Lipinski definition) is 4. The van der Waals surface area contributed by atoms with Crippen LogP contribution in [0.5, 0.6) is 11.5 Å². The number of benzene rings is 4. The number of esters is 1. The highest BCUT2D eigenvalue weighted by atomic mass is 32.2. The molecule has 4 aliphatic rings. The molecule has 0 aromatic heterocycles. The van der Waals surface area contributed by atoms with Gasteiger partial charge in [0.15, 0.2) is 21.3 Å². The smallest absolute Gasteiger partial charge is 0.344 e. The van der Waals surface area contributed by atoms with Gasteiger partial charge >= 0.3 is 5.97 Å². The van der Waals surface area contributed by atoms with Gasteiger partial charge in [0.25, 0.3) is 0 Å². The summed E-state index contributed by atoms with van der Waals surface area (Å²) in [5.41, 5.74) is 0.615. The van der Waals surface area contributed by atoms with E-state index in [4.69, 9.17) is 14.2 Å². The van der Waals surface area contributed by atoms with E-state index in [1.165, 1.54) is 56.4 Å². The molecule has 7 heteroatoms. The second-order valence-electron chi connectivity index (χ2n) is 12.9. The van der Waals surface area contributed by atoms with Crippen molar-refractivity contribution >= 4 is 16.9 Å². The van der Waals surface area contributed by atoms with E-state index in [0.717, 1.165) is 32.1 Å². The van der Waals surface area contributed by atoms with Crippen LogP contribution in [0.4, 0.5) is 8.78 Å². The minimum absolute atomic E-state index is 0.0957. The average Bonchev–Trinajstić information content (AvgIpc) is 3.04. The summed E-state index contributed by atoms with van der Waals surface area (Å²) in [6.45, 7) is 2.42. The molecule has 4 fully saturated rings. The maximum absolute atomic E-state index is 13.6. The van der Waals surface area contributed by atoms with Crippen molar-refractivity contribution in [2.75, 3.05) is 6.61 Å². The molecule has 0 radical (unpaired) electrons. The Morgan fingerprint density at radius 3 is 1.62 bits per heavy atom. The summed E-state index contributed by atoms with van der Waals surface area (Å²) in [6.07, 6.45) is 6.14. The van der Waals surface area contributed by atoms with Crippen molar-refractivity contribution in [2.45, 2.75) is 65.9 Å². The van der Waals surface area contributed by atoms with Crippen LogP contribution >= 0.6 is 0 Å². The Morgan fingerprint density at radius 2 is 1.11 bits per heavy atom. The third-order valence-corrected chi connectivity index (χ3v) is 12.2. The van der Waals surface area contributed by atoms with Gasteiger partial charge in [-0.1, -0.05) is 12.1 Å². The summed E-state index contributed by atoms with van der Waals surface area (Å²) in [6, 6.07) is 28.2. The predicted molar refractivity (Wildman–Crippen MR) is 169 cm³/mol. The van der Waals surface area contributed by atoms with Crippen molar-refractivity contribution < 1.29 is 27.8 Å². The molecule has 0 saturated heterocycles. The van der Waals surface area contributed by atoms with Gasteiger partial charge in [-0.2, -0.15) is 0 Å². The van der Waals surface area contributed by atoms with Crippen LogP contribution in [0.3, 0.4) is 0 Å². The Balaban J connectivity index is 0.931. The van der Waals surface area contributed by atoms with Crippen molar-refractivity contribution in [3.05, 3.63) is 114 Å². The fourth-order valence-corrected chi connectivity index (χ4v) is 9.82. The van der Waals surface area contributed by atoms with Crippen molar-refractivity contribution in [2.24, 2.45) is 23.7 Å². The largest absolute Gasteiger partial charge is 0.489 e. The van der Waals surface area contributed by atoms with E-state index in [2.05, 4.69) is 6.92 Å². The normalized spacial score (nSPS) is 24.9. The maximum atomic E-state index is 13.6. The molecule has 8 rings (SSSR count). The van der Waals surface area contributed by atoms with Gasteiger partial charge in [0.2, 0.25) is 0 Å². The minimum atomic E-state index is -0.529. The zero-order valence-electron chi connectivity index (χ0n) is 25.3. The number of carbonyl (C=O) groups is 1. The highest BCUT2D eigenvalue weighted by Gasteiger charge is 2.57. The van der Waals surface area contributed by atoms with Crippen molar-refractivity contribution in [3.63, 3.8) is 0 Å². The first-order chi connectivity index (χ1) is 21.8. The maximum Gasteiger partial charge on any atom is 0.344 e. The van der Waals surface area contributed by atoms with Crippen LogP contribution in [0.25, 0.3) is 0 Å². The predicted octanol–water partition coefficient (Wildman–Crippen LogP) is 8.78. The third kappa shape index (κ3) is 6.46. The lowest BCUT2D eigenvalue weighted by Gasteiger charge is -2.59. The first-order valence-corrected chi connectivity index (χ1v) is 17.0. The Hall–Kier alpha value is -3.84. The Kier molecular flexibility index (Phi) is 8.30. The number of rotatable bonds is 10. The summed E-state index contributed by atoms with van der Waals surface area (Å²) in [5, 5.41) is 0.